The van der Waals surface area contributed by atoms with Crippen LogP contribution in [0.25, 0.3) is 0 Å². The molecule has 0 amide bonds. The van der Waals surface area contributed by atoms with Gasteiger partial charge in [-0.2, -0.15) is 0 Å². The summed E-state index contributed by atoms with van der Waals surface area (Å²) in [5.41, 5.74) is 0. The summed E-state index contributed by atoms with van der Waals surface area (Å²) in [6, 6.07) is 1.05. The van der Waals surface area contributed by atoms with Crippen LogP contribution in [0.15, 0.2) is 6.20 Å². The van der Waals surface area contributed by atoms with E-state index in [-0.39, 0.29) is 0 Å². The number of rotatable bonds is 4. The summed E-state index contributed by atoms with van der Waals surface area (Å²) in [4.78, 5) is 10.7. The molecule has 0 aliphatic carbocycles. The van der Waals surface area contributed by atoms with Crippen molar-refractivity contribution in [1.29, 1.82) is 0 Å². The molecule has 0 bridgehead atoms. The Balaban J connectivity index is 2.04. The van der Waals surface area contributed by atoms with Gasteiger partial charge < -0.3 is 15.1 Å². The molecule has 0 aromatic carbocycles. The van der Waals surface area contributed by atoms with Crippen LogP contribution in [-0.4, -0.2) is 50.2 Å². The van der Waals surface area contributed by atoms with Crippen LogP contribution >= 0.6 is 11.3 Å². The number of likely N-dealkylation sites (N-methyl/N-ethyl adjacent to an activating group) is 1. The van der Waals surface area contributed by atoms with Crippen LogP contribution in [0.2, 0.25) is 0 Å². The average molecular weight is 268 g/mol. The van der Waals surface area contributed by atoms with E-state index in [0.29, 0.717) is 12.1 Å². The van der Waals surface area contributed by atoms with E-state index in [9.17, 15) is 0 Å². The van der Waals surface area contributed by atoms with Crippen molar-refractivity contribution in [2.24, 2.45) is 0 Å². The number of aromatic nitrogens is 1. The quantitative estimate of drug-likeness (QED) is 0.904. The second kappa shape index (κ2) is 5.99. The predicted octanol–water partition coefficient (Wildman–Crippen LogP) is 1.95. The van der Waals surface area contributed by atoms with E-state index in [4.69, 9.17) is 0 Å². The molecule has 0 radical (unpaired) electrons. The van der Waals surface area contributed by atoms with Gasteiger partial charge >= 0.3 is 0 Å². The van der Waals surface area contributed by atoms with E-state index in [2.05, 4.69) is 41.1 Å². The third kappa shape index (κ3) is 3.02. The Morgan fingerprint density at radius 3 is 3.00 bits per heavy atom. The molecule has 1 fully saturated rings. The summed E-state index contributed by atoms with van der Waals surface area (Å²) in [6.07, 6.45) is 4.58. The summed E-state index contributed by atoms with van der Waals surface area (Å²) in [5.74, 6) is 0. The second-order valence-corrected chi connectivity index (χ2v) is 6.30. The zero-order chi connectivity index (χ0) is 13.1. The van der Waals surface area contributed by atoms with Crippen molar-refractivity contribution in [2.45, 2.75) is 31.8 Å². The Hall–Kier alpha value is -0.650. The molecular weight excluding hydrogens is 244 g/mol. The lowest BCUT2D eigenvalue weighted by Gasteiger charge is -2.35. The van der Waals surface area contributed by atoms with Gasteiger partial charge in [-0.3, -0.25) is 0 Å². The highest BCUT2D eigenvalue weighted by Gasteiger charge is 2.23. The first kappa shape index (κ1) is 13.8. The average Bonchev–Trinajstić information content (AvgIpc) is 2.87. The number of thiazole rings is 1. The molecule has 1 aliphatic rings. The zero-order valence-electron chi connectivity index (χ0n) is 11.8. The molecule has 1 N–H and O–H groups in total. The van der Waals surface area contributed by atoms with Crippen molar-refractivity contribution in [3.8, 4) is 0 Å². The van der Waals surface area contributed by atoms with E-state index in [1.807, 2.05) is 24.6 Å². The fraction of sp³-hybridized carbons (Fsp3) is 0.769. The van der Waals surface area contributed by atoms with Crippen molar-refractivity contribution < 1.29 is 0 Å². The lowest BCUT2D eigenvalue weighted by molar-refractivity contribution is 0.258. The molecule has 5 heteroatoms. The Bertz CT molecular complexity index is 377. The van der Waals surface area contributed by atoms with Gasteiger partial charge in [-0.25, -0.2) is 4.98 Å². The van der Waals surface area contributed by atoms with Crippen LogP contribution in [0.3, 0.4) is 0 Å². The zero-order valence-corrected chi connectivity index (χ0v) is 12.6. The molecule has 2 unspecified atom stereocenters. The summed E-state index contributed by atoms with van der Waals surface area (Å²) >= 11 is 1.82. The van der Waals surface area contributed by atoms with Gasteiger partial charge in [-0.15, -0.1) is 11.3 Å². The van der Waals surface area contributed by atoms with E-state index in [1.54, 1.807) is 0 Å². The van der Waals surface area contributed by atoms with Crippen molar-refractivity contribution in [1.82, 2.24) is 15.2 Å². The van der Waals surface area contributed by atoms with Crippen molar-refractivity contribution in [3.63, 3.8) is 0 Å². The lowest BCUT2D eigenvalue weighted by Crippen LogP contribution is -2.45. The fourth-order valence-electron chi connectivity index (χ4n) is 2.32. The molecule has 0 spiro atoms. The highest BCUT2D eigenvalue weighted by Crippen LogP contribution is 2.29. The summed E-state index contributed by atoms with van der Waals surface area (Å²) in [6.45, 7) is 4.43. The minimum atomic E-state index is 0.394. The van der Waals surface area contributed by atoms with Crippen molar-refractivity contribution in [3.05, 3.63) is 11.1 Å². The molecule has 2 heterocycles. The minimum absolute atomic E-state index is 0.394. The highest BCUT2D eigenvalue weighted by atomic mass is 32.1. The van der Waals surface area contributed by atoms with Crippen LogP contribution in [0.4, 0.5) is 5.13 Å². The SMILES string of the molecule is CNC(C)c1cnc(N2CCCC(N(C)C)C2)s1. The first-order valence-corrected chi connectivity index (χ1v) is 7.48. The topological polar surface area (TPSA) is 31.4 Å². The molecule has 0 saturated carbocycles. The van der Waals surface area contributed by atoms with Crippen LogP contribution < -0.4 is 10.2 Å². The standard InChI is InChI=1S/C13H24N4S/c1-10(14-2)12-8-15-13(18-12)17-7-5-6-11(9-17)16(3)4/h8,10-11,14H,5-7,9H2,1-4H3. The van der Waals surface area contributed by atoms with Gasteiger partial charge in [0.1, 0.15) is 0 Å². The maximum absolute atomic E-state index is 4.59. The predicted molar refractivity (Wildman–Crippen MR) is 78.5 cm³/mol. The molecule has 1 saturated heterocycles. The van der Waals surface area contributed by atoms with E-state index in [1.165, 1.54) is 22.9 Å². The Kier molecular flexibility index (Phi) is 4.59. The monoisotopic (exact) mass is 268 g/mol. The van der Waals surface area contributed by atoms with Gasteiger partial charge in [0.2, 0.25) is 0 Å². The number of anilines is 1. The first-order chi connectivity index (χ1) is 8.61. The molecule has 102 valence electrons. The number of hydrogen-bond donors (Lipinski definition) is 1. The van der Waals surface area contributed by atoms with E-state index >= 15 is 0 Å². The normalized spacial score (nSPS) is 22.5. The van der Waals surface area contributed by atoms with Crippen LogP contribution in [0.1, 0.15) is 30.7 Å². The van der Waals surface area contributed by atoms with Crippen molar-refractivity contribution >= 4 is 16.5 Å². The molecule has 4 nitrogen and oxygen atoms in total. The maximum Gasteiger partial charge on any atom is 0.185 e. The van der Waals surface area contributed by atoms with Crippen LogP contribution in [0.5, 0.6) is 0 Å². The van der Waals surface area contributed by atoms with Gasteiger partial charge in [0.25, 0.3) is 0 Å². The smallest absolute Gasteiger partial charge is 0.185 e. The largest absolute Gasteiger partial charge is 0.347 e. The lowest BCUT2D eigenvalue weighted by atomic mass is 10.1. The molecule has 1 aliphatic heterocycles. The second-order valence-electron chi connectivity index (χ2n) is 5.26. The van der Waals surface area contributed by atoms with E-state index in [0.717, 1.165) is 13.1 Å². The van der Waals surface area contributed by atoms with Gasteiger partial charge in [0.05, 0.1) is 0 Å². The number of nitrogens with one attached hydrogen (secondary N) is 1. The van der Waals surface area contributed by atoms with Gasteiger partial charge in [0, 0.05) is 36.2 Å². The summed E-state index contributed by atoms with van der Waals surface area (Å²) in [5, 5.41) is 4.45. The summed E-state index contributed by atoms with van der Waals surface area (Å²) in [7, 11) is 6.34. The first-order valence-electron chi connectivity index (χ1n) is 6.66. The van der Waals surface area contributed by atoms with E-state index < -0.39 is 0 Å². The maximum atomic E-state index is 4.59. The molecule has 1 aromatic heterocycles. The Labute approximate surface area is 114 Å². The molecule has 18 heavy (non-hydrogen) atoms. The van der Waals surface area contributed by atoms with Crippen molar-refractivity contribution in [2.75, 3.05) is 39.1 Å². The van der Waals surface area contributed by atoms with Gasteiger partial charge in [-0.1, -0.05) is 0 Å². The Morgan fingerprint density at radius 2 is 2.33 bits per heavy atom. The molecular formula is C13H24N4S. The van der Waals surface area contributed by atoms with Gasteiger partial charge in [0.15, 0.2) is 5.13 Å². The number of nitrogens with zero attached hydrogens (tertiary/aromatic N) is 3. The number of piperidine rings is 1. The molecule has 1 aromatic rings. The van der Waals surface area contributed by atoms with Crippen LogP contribution in [0, 0.1) is 0 Å². The summed E-state index contributed by atoms with van der Waals surface area (Å²) < 4.78 is 0. The third-order valence-electron chi connectivity index (χ3n) is 3.77. The number of hydrogen-bond acceptors (Lipinski definition) is 5. The minimum Gasteiger partial charge on any atom is -0.347 e. The molecule has 2 rings (SSSR count). The van der Waals surface area contributed by atoms with Crippen LogP contribution in [-0.2, 0) is 0 Å². The highest BCUT2D eigenvalue weighted by molar-refractivity contribution is 7.15. The Morgan fingerprint density at radius 1 is 1.56 bits per heavy atom. The van der Waals surface area contributed by atoms with Gasteiger partial charge in [-0.05, 0) is 40.9 Å². The third-order valence-corrected chi connectivity index (χ3v) is 5.01. The fourth-order valence-corrected chi connectivity index (χ4v) is 3.33. The molecule has 2 atom stereocenters.